The van der Waals surface area contributed by atoms with E-state index in [9.17, 15) is 5.11 Å². The molecule has 2 heterocycles. The Balaban J connectivity index is 0.000000438. The van der Waals surface area contributed by atoms with Gasteiger partial charge in [-0.05, 0) is 149 Å². The average Bonchev–Trinajstić information content (AvgIpc) is 3.91. The predicted octanol–water partition coefficient (Wildman–Crippen LogP) is 14.3. The van der Waals surface area contributed by atoms with Crippen LogP contribution in [-0.4, -0.2) is 15.0 Å². The molecule has 0 saturated carbocycles. The van der Waals surface area contributed by atoms with Crippen molar-refractivity contribution in [1.82, 2.24) is 15.0 Å². The zero-order valence-corrected chi connectivity index (χ0v) is 43.4. The largest absolute Gasteiger partial charge is 1.00 e. The van der Waals surface area contributed by atoms with Gasteiger partial charge in [0, 0.05) is 28.1 Å². The fourth-order valence-corrected chi connectivity index (χ4v) is 11.8. The quantitative estimate of drug-likeness (QED) is 0.149. The molecule has 0 fully saturated rings. The summed E-state index contributed by atoms with van der Waals surface area (Å²) in [5.74, 6) is 1.88. The van der Waals surface area contributed by atoms with Crippen LogP contribution in [0.25, 0.3) is 112 Å². The van der Waals surface area contributed by atoms with Gasteiger partial charge in [-0.25, -0.2) is 19.9 Å². The van der Waals surface area contributed by atoms with Gasteiger partial charge in [-0.2, -0.15) is 0 Å². The molecule has 2 aliphatic rings. The number of nitrogens with zero attached hydrogens (tertiary/aromatic N) is 3. The Morgan fingerprint density at radius 3 is 1.05 bits per heavy atom. The van der Waals surface area contributed by atoms with Crippen molar-refractivity contribution in [3.05, 3.63) is 308 Å². The first kappa shape index (κ1) is 51.0. The van der Waals surface area contributed by atoms with Crippen LogP contribution in [-0.2, 0) is 5.41 Å². The second-order valence-corrected chi connectivity index (χ2v) is 19.9. The third-order valence-corrected chi connectivity index (χ3v) is 15.4. The van der Waals surface area contributed by atoms with Gasteiger partial charge in [0.1, 0.15) is 0 Å². The molecule has 1 spiro atoms. The number of H-pyrrole nitrogens is 1. The van der Waals surface area contributed by atoms with E-state index in [4.69, 9.17) is 15.0 Å². The van der Waals surface area contributed by atoms with Crippen LogP contribution in [0.4, 0.5) is 0 Å². The zero-order valence-electron chi connectivity index (χ0n) is 43.4. The number of aromatic amines is 1. The molecule has 2 aliphatic carbocycles. The van der Waals surface area contributed by atoms with Gasteiger partial charge in [-0.1, -0.05) is 226 Å². The molecule has 15 rings (SSSR count). The Labute approximate surface area is 478 Å². The summed E-state index contributed by atoms with van der Waals surface area (Å²) in [6, 6.07) is 98.4. The summed E-state index contributed by atoms with van der Waals surface area (Å²) in [4.78, 5) is 19.3. The summed E-state index contributed by atoms with van der Waals surface area (Å²) < 4.78 is 0. The number of nitrogens with one attached hydrogen (secondary N) is 1. The molecule has 0 saturated heterocycles. The second-order valence-electron chi connectivity index (χ2n) is 19.9. The smallest absolute Gasteiger partial charge is 0.868 e. The van der Waals surface area contributed by atoms with E-state index in [0.29, 0.717) is 23.0 Å². The number of benzene rings is 11. The third-order valence-electron chi connectivity index (χ3n) is 15.4. The monoisotopic (exact) mass is 1020 g/mol. The van der Waals surface area contributed by atoms with Crippen LogP contribution in [0.2, 0.25) is 0 Å². The molecule has 0 atom stereocenters. The summed E-state index contributed by atoms with van der Waals surface area (Å²) in [7, 11) is 0. The van der Waals surface area contributed by atoms with Crippen LogP contribution < -0.4 is 29.0 Å². The average molecular weight is 1020 g/mol. The summed E-state index contributed by atoms with van der Waals surface area (Å²) >= 11 is 0. The normalized spacial score (nSPS) is 11.9. The summed E-state index contributed by atoms with van der Waals surface area (Å²) in [5, 5.41) is 12.1. The van der Waals surface area contributed by atoms with Gasteiger partial charge in [0.15, 0.2) is 23.7 Å². The Morgan fingerprint density at radius 1 is 0.287 bits per heavy atom. The number of para-hydroxylation sites is 1. The molecule has 0 amide bonds. The van der Waals surface area contributed by atoms with E-state index < -0.39 is 5.41 Å². The van der Waals surface area contributed by atoms with Crippen LogP contribution in [0.5, 0.6) is 5.75 Å². The van der Waals surface area contributed by atoms with Crippen LogP contribution in [0, 0.1) is 0 Å². The van der Waals surface area contributed by atoms with Crippen molar-refractivity contribution < 1.29 is 29.0 Å². The maximum Gasteiger partial charge on any atom is 1.00 e. The Kier molecular flexibility index (Phi) is 13.8. The molecule has 11 aromatic carbocycles. The molecule has 374 valence electrons. The first-order valence-electron chi connectivity index (χ1n) is 26.4. The van der Waals surface area contributed by atoms with Crippen LogP contribution >= 0.6 is 0 Å². The van der Waals surface area contributed by atoms with Gasteiger partial charge >= 0.3 is 18.9 Å². The molecule has 2 aromatic heterocycles. The maximum atomic E-state index is 11.1. The number of hydrogen-bond acceptors (Lipinski definition) is 4. The Hall–Kier alpha value is -9.76. The van der Waals surface area contributed by atoms with Crippen molar-refractivity contribution in [1.29, 1.82) is 0 Å². The number of rotatable bonds is 7. The van der Waals surface area contributed by atoms with Crippen molar-refractivity contribution in [2.75, 3.05) is 0 Å². The SMILES string of the molecule is C.[Li+].[O-]c1cccc2ccc[nH+]c12.c1ccc(-c2cc(-c3ccccc3)cc(-c3nc(-c4cc(-c5ccccc5)cc(-c5ccccc5)c4)nc(-c4ccc5c(c4)C4(c6ccccc6-c6ccccc64)c4ccccc4-5)n3)c2)cc1. The van der Waals surface area contributed by atoms with Crippen molar-refractivity contribution in [3.8, 4) is 107 Å². The van der Waals surface area contributed by atoms with Crippen LogP contribution in [0.1, 0.15) is 29.7 Å². The number of hydrogen-bond donors (Lipinski definition) is 0. The number of pyridine rings is 1. The van der Waals surface area contributed by atoms with E-state index in [1.165, 1.54) is 44.5 Å². The van der Waals surface area contributed by atoms with Crippen molar-refractivity contribution in [3.63, 3.8) is 0 Å². The molecule has 5 nitrogen and oxygen atoms in total. The minimum atomic E-state index is -0.503. The van der Waals surface area contributed by atoms with Crippen molar-refractivity contribution in [2.24, 2.45) is 0 Å². The molecule has 1 N–H and O–H groups in total. The minimum absolute atomic E-state index is 0. The fraction of sp³-hybridized carbons (Fsp3) is 0.0270. The minimum Gasteiger partial charge on any atom is -0.868 e. The van der Waals surface area contributed by atoms with Gasteiger partial charge in [-0.3, -0.25) is 0 Å². The van der Waals surface area contributed by atoms with Gasteiger partial charge in [0.2, 0.25) is 5.52 Å². The summed E-state index contributed by atoms with van der Waals surface area (Å²) in [6.07, 6.45) is 1.75. The van der Waals surface area contributed by atoms with Gasteiger partial charge in [0.25, 0.3) is 0 Å². The maximum absolute atomic E-state index is 11.1. The first-order valence-corrected chi connectivity index (χ1v) is 26.4. The van der Waals surface area contributed by atoms with E-state index in [0.717, 1.165) is 66.6 Å². The molecule has 6 heteroatoms. The zero-order chi connectivity index (χ0) is 52.0. The second kappa shape index (κ2) is 21.6. The number of fused-ring (bicyclic) bond motifs is 11. The topological polar surface area (TPSA) is 75.9 Å². The molecular weight excluding hydrogens is 968 g/mol. The van der Waals surface area contributed by atoms with E-state index in [1.54, 1.807) is 18.3 Å². The predicted molar refractivity (Wildman–Crippen MR) is 321 cm³/mol. The van der Waals surface area contributed by atoms with E-state index in [1.807, 2.05) is 18.2 Å². The molecule has 0 aliphatic heterocycles. The van der Waals surface area contributed by atoms with Gasteiger partial charge < -0.3 is 5.11 Å². The van der Waals surface area contributed by atoms with Crippen molar-refractivity contribution >= 4 is 10.9 Å². The van der Waals surface area contributed by atoms with Gasteiger partial charge in [-0.15, -0.1) is 0 Å². The Morgan fingerprint density at radius 2 is 0.637 bits per heavy atom. The summed E-state index contributed by atoms with van der Waals surface area (Å²) in [6.45, 7) is 0. The molecule has 0 unspecified atom stereocenters. The Bertz CT molecular complexity index is 4070. The molecule has 0 radical (unpaired) electrons. The van der Waals surface area contributed by atoms with E-state index in [2.05, 4.69) is 254 Å². The summed E-state index contributed by atoms with van der Waals surface area (Å²) in [5.41, 5.74) is 22.0. The van der Waals surface area contributed by atoms with Crippen molar-refractivity contribution in [2.45, 2.75) is 12.8 Å². The standard InChI is InChI=1S/C64H41N3.C9H7NO.CH4.Li/c1-5-19-42(20-6-1)47-35-48(43-21-7-2-8-22-43)38-51(37-47)62-65-61(66-63(67-62)52-39-49(44-23-9-3-10-24-44)36-50(40-52)45-25-11-4-12-26-45)46-33-34-56-55-29-15-18-32-59(55)64(60(56)41-46)57-30-16-13-27-53(57)54-28-14-17-31-58(54)64;11-8-5-1-3-7-4-2-6-10-9(7)8;;/h1-41H;1-6,11H;1H4;/q;;;+1. The first-order chi connectivity index (χ1) is 38.6. The van der Waals surface area contributed by atoms with E-state index in [-0.39, 0.29) is 32.0 Å². The molecule has 0 bridgehead atoms. The number of aromatic nitrogens is 4. The van der Waals surface area contributed by atoms with Gasteiger partial charge in [0.05, 0.1) is 5.41 Å². The van der Waals surface area contributed by atoms with Crippen LogP contribution in [0.15, 0.2) is 285 Å². The molecule has 13 aromatic rings. The fourth-order valence-electron chi connectivity index (χ4n) is 11.8. The molecular formula is C74H52LiN4O+. The van der Waals surface area contributed by atoms with Crippen LogP contribution in [0.3, 0.4) is 0 Å². The van der Waals surface area contributed by atoms with E-state index >= 15 is 0 Å². The molecule has 80 heavy (non-hydrogen) atoms. The third kappa shape index (κ3) is 8.99.